The van der Waals surface area contributed by atoms with Crippen LogP contribution in [0.5, 0.6) is 0 Å². The molecule has 0 aliphatic rings. The zero-order valence-electron chi connectivity index (χ0n) is 13.6. The molecule has 5 nitrogen and oxygen atoms in total. The van der Waals surface area contributed by atoms with Crippen LogP contribution in [0.1, 0.15) is 25.0 Å². The van der Waals surface area contributed by atoms with E-state index in [1.54, 1.807) is 0 Å². The molecule has 0 aliphatic carbocycles. The maximum atomic E-state index is 11.8. The Bertz CT molecular complexity index is 475. The van der Waals surface area contributed by atoms with Gasteiger partial charge >= 0.3 is 6.03 Å². The predicted octanol–water partition coefficient (Wildman–Crippen LogP) is 1.88. The monoisotopic (exact) mass is 293 g/mol. The summed E-state index contributed by atoms with van der Waals surface area (Å²) in [6.45, 7) is 6.38. The molecular weight excluding hydrogens is 266 g/mol. The first-order valence-corrected chi connectivity index (χ1v) is 7.27. The van der Waals surface area contributed by atoms with Crippen LogP contribution in [0.3, 0.4) is 0 Å². The first kappa shape index (κ1) is 17.3. The molecule has 0 fully saturated rings. The van der Waals surface area contributed by atoms with Gasteiger partial charge in [0.2, 0.25) is 0 Å². The summed E-state index contributed by atoms with van der Waals surface area (Å²) in [5.74, 6) is 0.0388. The second-order valence-electron chi connectivity index (χ2n) is 5.78. The van der Waals surface area contributed by atoms with E-state index >= 15 is 0 Å². The molecule has 21 heavy (non-hydrogen) atoms. The average Bonchev–Trinajstić information content (AvgIpc) is 2.44. The van der Waals surface area contributed by atoms with Crippen LogP contribution in [-0.2, 0) is 6.54 Å². The summed E-state index contributed by atoms with van der Waals surface area (Å²) in [6.07, 6.45) is 0. The Balaban J connectivity index is 2.53. The molecule has 0 spiro atoms. The Morgan fingerprint density at radius 1 is 1.33 bits per heavy atom. The Kier molecular flexibility index (Phi) is 6.49. The number of aliphatic hydroxyl groups excluding tert-OH is 1. The van der Waals surface area contributed by atoms with E-state index in [4.69, 9.17) is 5.11 Å². The van der Waals surface area contributed by atoms with Crippen molar-refractivity contribution >= 4 is 11.7 Å². The lowest BCUT2D eigenvalue weighted by Gasteiger charge is -2.20. The normalized spacial score (nSPS) is 13.4. The van der Waals surface area contributed by atoms with Crippen molar-refractivity contribution in [3.63, 3.8) is 0 Å². The van der Waals surface area contributed by atoms with Crippen molar-refractivity contribution in [2.45, 2.75) is 33.4 Å². The van der Waals surface area contributed by atoms with Crippen LogP contribution in [0.25, 0.3) is 0 Å². The number of nitrogens with zero attached hydrogens (tertiary/aromatic N) is 1. The fraction of sp³-hybridized carbons (Fsp3) is 0.562. The van der Waals surface area contributed by atoms with E-state index in [9.17, 15) is 4.79 Å². The van der Waals surface area contributed by atoms with E-state index in [2.05, 4.69) is 21.6 Å². The number of urea groups is 1. The molecule has 1 aromatic carbocycles. The average molecular weight is 293 g/mol. The van der Waals surface area contributed by atoms with Gasteiger partial charge in [0.05, 0.1) is 0 Å². The van der Waals surface area contributed by atoms with E-state index in [0.29, 0.717) is 6.54 Å². The number of amides is 2. The summed E-state index contributed by atoms with van der Waals surface area (Å²) in [5.41, 5.74) is 3.39. The van der Waals surface area contributed by atoms with E-state index in [1.807, 2.05) is 47.0 Å². The molecule has 0 saturated heterocycles. The third-order valence-corrected chi connectivity index (χ3v) is 3.78. The molecule has 2 amide bonds. The van der Waals surface area contributed by atoms with Crippen LogP contribution < -0.4 is 15.5 Å². The molecule has 1 rings (SSSR count). The number of rotatable bonds is 6. The molecule has 2 unspecified atom stereocenters. The topological polar surface area (TPSA) is 64.6 Å². The molecule has 0 saturated carbocycles. The Labute approximate surface area is 127 Å². The summed E-state index contributed by atoms with van der Waals surface area (Å²) in [4.78, 5) is 13.9. The van der Waals surface area contributed by atoms with Gasteiger partial charge in [0, 0.05) is 39.0 Å². The van der Waals surface area contributed by atoms with Crippen molar-refractivity contribution in [2.24, 2.45) is 5.92 Å². The number of aryl methyl sites for hydroxylation is 1. The minimum absolute atomic E-state index is 0.0388. The van der Waals surface area contributed by atoms with Crippen molar-refractivity contribution in [1.82, 2.24) is 10.6 Å². The number of carbonyl (C=O) groups is 1. The Hall–Kier alpha value is -1.75. The minimum Gasteiger partial charge on any atom is -0.396 e. The van der Waals surface area contributed by atoms with Gasteiger partial charge in [-0.15, -0.1) is 0 Å². The van der Waals surface area contributed by atoms with E-state index in [-0.39, 0.29) is 24.6 Å². The van der Waals surface area contributed by atoms with Crippen LogP contribution in [0.15, 0.2) is 18.2 Å². The minimum atomic E-state index is -0.209. The highest BCUT2D eigenvalue weighted by molar-refractivity contribution is 5.74. The SMILES string of the molecule is Cc1cc(N(C)C)ccc1CNC(=O)NC(C)C(C)CO. The van der Waals surface area contributed by atoms with Crippen molar-refractivity contribution in [3.05, 3.63) is 29.3 Å². The molecule has 118 valence electrons. The molecule has 2 atom stereocenters. The molecular formula is C16H27N3O2. The first-order chi connectivity index (χ1) is 9.85. The van der Waals surface area contributed by atoms with Gasteiger partial charge in [0.15, 0.2) is 0 Å². The lowest BCUT2D eigenvalue weighted by molar-refractivity contribution is 0.200. The van der Waals surface area contributed by atoms with Crippen LogP contribution in [0.4, 0.5) is 10.5 Å². The van der Waals surface area contributed by atoms with Crippen molar-refractivity contribution in [2.75, 3.05) is 25.6 Å². The smallest absolute Gasteiger partial charge is 0.315 e. The van der Waals surface area contributed by atoms with Crippen molar-refractivity contribution in [1.29, 1.82) is 0 Å². The summed E-state index contributed by atoms with van der Waals surface area (Å²) < 4.78 is 0. The van der Waals surface area contributed by atoms with Gasteiger partial charge in [0.1, 0.15) is 0 Å². The number of hydrogen-bond donors (Lipinski definition) is 3. The summed E-state index contributed by atoms with van der Waals surface area (Å²) >= 11 is 0. The van der Waals surface area contributed by atoms with Crippen LogP contribution >= 0.6 is 0 Å². The molecule has 0 heterocycles. The highest BCUT2D eigenvalue weighted by Crippen LogP contribution is 2.17. The standard InChI is InChI=1S/C16H27N3O2/c1-11-8-15(19(4)5)7-6-14(11)9-17-16(21)18-13(3)12(2)10-20/h6-8,12-13,20H,9-10H2,1-5H3,(H2,17,18,21). The number of hydrogen-bond acceptors (Lipinski definition) is 3. The van der Waals surface area contributed by atoms with Gasteiger partial charge in [-0.1, -0.05) is 13.0 Å². The molecule has 0 aliphatic heterocycles. The van der Waals surface area contributed by atoms with E-state index < -0.39 is 0 Å². The predicted molar refractivity (Wildman–Crippen MR) is 86.6 cm³/mol. The second kappa shape index (κ2) is 7.88. The number of nitrogens with one attached hydrogen (secondary N) is 2. The second-order valence-corrected chi connectivity index (χ2v) is 5.78. The fourth-order valence-electron chi connectivity index (χ4n) is 1.89. The maximum absolute atomic E-state index is 11.8. The lowest BCUT2D eigenvalue weighted by Crippen LogP contribution is -2.44. The van der Waals surface area contributed by atoms with Gasteiger partial charge in [-0.05, 0) is 43.0 Å². The van der Waals surface area contributed by atoms with Crippen LogP contribution in [0, 0.1) is 12.8 Å². The molecule has 1 aromatic rings. The maximum Gasteiger partial charge on any atom is 0.315 e. The Morgan fingerprint density at radius 3 is 2.52 bits per heavy atom. The molecule has 0 aromatic heterocycles. The van der Waals surface area contributed by atoms with Crippen molar-refractivity contribution in [3.8, 4) is 0 Å². The summed E-state index contributed by atoms with van der Waals surface area (Å²) in [7, 11) is 4.01. The fourth-order valence-corrected chi connectivity index (χ4v) is 1.89. The van der Waals surface area contributed by atoms with Gasteiger partial charge in [-0.25, -0.2) is 4.79 Å². The van der Waals surface area contributed by atoms with E-state index in [1.165, 1.54) is 0 Å². The third kappa shape index (κ3) is 5.27. The first-order valence-electron chi connectivity index (χ1n) is 7.27. The Morgan fingerprint density at radius 2 is 2.00 bits per heavy atom. The lowest BCUT2D eigenvalue weighted by atomic mass is 10.1. The van der Waals surface area contributed by atoms with E-state index in [0.717, 1.165) is 16.8 Å². The number of anilines is 1. The summed E-state index contributed by atoms with van der Waals surface area (Å²) in [5, 5.41) is 14.7. The van der Waals surface area contributed by atoms with Gasteiger partial charge in [-0.3, -0.25) is 0 Å². The number of carbonyl (C=O) groups excluding carboxylic acids is 1. The van der Waals surface area contributed by atoms with Crippen LogP contribution in [-0.4, -0.2) is 37.9 Å². The summed E-state index contributed by atoms with van der Waals surface area (Å²) in [6, 6.07) is 5.90. The highest BCUT2D eigenvalue weighted by atomic mass is 16.3. The van der Waals surface area contributed by atoms with Gasteiger partial charge in [-0.2, -0.15) is 0 Å². The van der Waals surface area contributed by atoms with Crippen LogP contribution in [0.2, 0.25) is 0 Å². The number of aliphatic hydroxyl groups is 1. The molecule has 0 bridgehead atoms. The molecule has 0 radical (unpaired) electrons. The zero-order chi connectivity index (χ0) is 16.0. The van der Waals surface area contributed by atoms with Gasteiger partial charge in [0.25, 0.3) is 0 Å². The van der Waals surface area contributed by atoms with Gasteiger partial charge < -0.3 is 20.6 Å². The molecule has 5 heteroatoms. The quantitative estimate of drug-likeness (QED) is 0.750. The largest absolute Gasteiger partial charge is 0.396 e. The number of benzene rings is 1. The zero-order valence-corrected chi connectivity index (χ0v) is 13.6. The molecule has 3 N–H and O–H groups in total. The third-order valence-electron chi connectivity index (χ3n) is 3.78. The highest BCUT2D eigenvalue weighted by Gasteiger charge is 2.13. The van der Waals surface area contributed by atoms with Crippen molar-refractivity contribution < 1.29 is 9.90 Å².